The number of rotatable bonds is 4. The van der Waals surface area contributed by atoms with Gasteiger partial charge in [-0.1, -0.05) is 12.1 Å². The van der Waals surface area contributed by atoms with Gasteiger partial charge in [0.1, 0.15) is 0 Å². The maximum atomic E-state index is 12.0. The first-order chi connectivity index (χ1) is 7.37. The highest BCUT2D eigenvalue weighted by molar-refractivity contribution is 5.40. The summed E-state index contributed by atoms with van der Waals surface area (Å²) >= 11 is 0. The number of benzene rings is 1. The Kier molecular flexibility index (Phi) is 4.18. The summed E-state index contributed by atoms with van der Waals surface area (Å²) in [6.45, 7) is 0.472. The molecule has 1 aromatic rings. The minimum absolute atomic E-state index is 0.00169. The van der Waals surface area contributed by atoms with Gasteiger partial charge in [-0.25, -0.2) is 0 Å². The van der Waals surface area contributed by atoms with E-state index in [1.165, 1.54) is 0 Å². The number of halogens is 3. The molecule has 1 aromatic carbocycles. The van der Waals surface area contributed by atoms with E-state index in [4.69, 9.17) is 5.73 Å². The van der Waals surface area contributed by atoms with Crippen LogP contribution in [-0.4, -0.2) is 24.7 Å². The Labute approximate surface area is 92.9 Å². The van der Waals surface area contributed by atoms with E-state index in [0.29, 0.717) is 12.2 Å². The van der Waals surface area contributed by atoms with Gasteiger partial charge in [-0.3, -0.25) is 0 Å². The summed E-state index contributed by atoms with van der Waals surface area (Å²) in [6.07, 6.45) is -4.88. The molecular weight excluding hydrogens is 217 g/mol. The molecule has 0 aliphatic carbocycles. The van der Waals surface area contributed by atoms with E-state index < -0.39 is 12.6 Å². The van der Waals surface area contributed by atoms with Crippen molar-refractivity contribution in [2.75, 3.05) is 19.3 Å². The zero-order valence-electron chi connectivity index (χ0n) is 9.09. The summed E-state index contributed by atoms with van der Waals surface area (Å²) in [5.41, 5.74) is 7.13. The molecule has 0 saturated heterocycles. The molecule has 0 spiro atoms. The Hall–Kier alpha value is -1.23. The third-order valence-electron chi connectivity index (χ3n) is 2.18. The fraction of sp³-hybridized carbons (Fsp3) is 0.455. The van der Waals surface area contributed by atoms with Crippen LogP contribution in [0.2, 0.25) is 0 Å². The van der Waals surface area contributed by atoms with Gasteiger partial charge >= 0.3 is 6.18 Å². The summed E-state index contributed by atoms with van der Waals surface area (Å²) < 4.78 is 35.9. The van der Waals surface area contributed by atoms with Gasteiger partial charge in [-0.05, 0) is 24.7 Å². The molecule has 2 nitrogen and oxygen atoms in total. The van der Waals surface area contributed by atoms with Crippen molar-refractivity contribution in [1.29, 1.82) is 0 Å². The van der Waals surface area contributed by atoms with Crippen molar-refractivity contribution < 1.29 is 13.2 Å². The average Bonchev–Trinajstić information content (AvgIpc) is 2.14. The minimum Gasteiger partial charge on any atom is -0.399 e. The Balaban J connectivity index is 2.43. The zero-order valence-corrected chi connectivity index (χ0v) is 9.09. The molecule has 0 aliphatic rings. The monoisotopic (exact) mass is 232 g/mol. The van der Waals surface area contributed by atoms with Crippen LogP contribution in [-0.2, 0) is 6.54 Å². The Bertz CT molecular complexity index is 336. The van der Waals surface area contributed by atoms with E-state index in [-0.39, 0.29) is 6.54 Å². The lowest BCUT2D eigenvalue weighted by molar-refractivity contribution is -0.137. The van der Waals surface area contributed by atoms with Gasteiger partial charge in [-0.15, -0.1) is 0 Å². The number of hydrogen-bond donors (Lipinski definition) is 1. The highest BCUT2D eigenvalue weighted by Crippen LogP contribution is 2.20. The summed E-state index contributed by atoms with van der Waals surface area (Å²) in [7, 11) is 1.66. The number of hydrogen-bond acceptors (Lipinski definition) is 2. The first kappa shape index (κ1) is 12.8. The fourth-order valence-electron chi connectivity index (χ4n) is 1.40. The summed E-state index contributed by atoms with van der Waals surface area (Å²) in [5, 5.41) is 0. The molecule has 1 rings (SSSR count). The number of nitrogens with two attached hydrogens (primary N) is 1. The van der Waals surface area contributed by atoms with E-state index in [0.717, 1.165) is 5.56 Å². The van der Waals surface area contributed by atoms with Crippen molar-refractivity contribution in [2.45, 2.75) is 19.1 Å². The lowest BCUT2D eigenvalue weighted by Gasteiger charge is -2.17. The van der Waals surface area contributed by atoms with Crippen LogP contribution >= 0.6 is 0 Å². The van der Waals surface area contributed by atoms with Crippen molar-refractivity contribution in [2.24, 2.45) is 0 Å². The molecule has 16 heavy (non-hydrogen) atoms. The Morgan fingerprint density at radius 2 is 2.00 bits per heavy atom. The van der Waals surface area contributed by atoms with Crippen LogP contribution in [0.15, 0.2) is 24.3 Å². The first-order valence-corrected chi connectivity index (χ1v) is 4.96. The van der Waals surface area contributed by atoms with Gasteiger partial charge in [0.2, 0.25) is 0 Å². The quantitative estimate of drug-likeness (QED) is 0.809. The molecule has 90 valence electrons. The highest BCUT2D eigenvalue weighted by Gasteiger charge is 2.26. The maximum absolute atomic E-state index is 12.0. The smallest absolute Gasteiger partial charge is 0.390 e. The number of nitrogens with zero attached hydrogens (tertiary/aromatic N) is 1. The van der Waals surface area contributed by atoms with Crippen LogP contribution in [0.1, 0.15) is 12.0 Å². The number of anilines is 1. The average molecular weight is 232 g/mol. The summed E-state index contributed by atoms with van der Waals surface area (Å²) in [4.78, 5) is 1.63. The zero-order chi connectivity index (χ0) is 12.2. The van der Waals surface area contributed by atoms with E-state index in [1.54, 1.807) is 30.1 Å². The molecule has 2 N–H and O–H groups in total. The van der Waals surface area contributed by atoms with Crippen molar-refractivity contribution in [1.82, 2.24) is 4.90 Å². The van der Waals surface area contributed by atoms with Gasteiger partial charge in [0.05, 0.1) is 6.42 Å². The fourth-order valence-corrected chi connectivity index (χ4v) is 1.40. The molecule has 0 atom stereocenters. The first-order valence-electron chi connectivity index (χ1n) is 4.96. The van der Waals surface area contributed by atoms with E-state index in [1.807, 2.05) is 6.07 Å². The van der Waals surface area contributed by atoms with Crippen LogP contribution in [0.3, 0.4) is 0 Å². The van der Waals surface area contributed by atoms with E-state index >= 15 is 0 Å². The van der Waals surface area contributed by atoms with Gasteiger partial charge in [0.25, 0.3) is 0 Å². The van der Waals surface area contributed by atoms with Crippen LogP contribution < -0.4 is 5.73 Å². The lowest BCUT2D eigenvalue weighted by atomic mass is 10.2. The molecule has 0 aromatic heterocycles. The molecular formula is C11H15F3N2. The largest absolute Gasteiger partial charge is 0.399 e. The Morgan fingerprint density at radius 1 is 1.31 bits per heavy atom. The predicted octanol–water partition coefficient (Wildman–Crippen LogP) is 2.65. The van der Waals surface area contributed by atoms with Crippen LogP contribution in [0.25, 0.3) is 0 Å². The second kappa shape index (κ2) is 5.21. The van der Waals surface area contributed by atoms with Gasteiger partial charge in [-0.2, -0.15) is 13.2 Å². The van der Waals surface area contributed by atoms with Gasteiger partial charge < -0.3 is 10.6 Å². The standard InChI is InChI=1S/C11H15F3N2/c1-16(6-5-11(12,13)14)8-9-3-2-4-10(15)7-9/h2-4,7H,5-6,8,15H2,1H3. The van der Waals surface area contributed by atoms with Gasteiger partial charge in [0.15, 0.2) is 0 Å². The minimum atomic E-state index is -4.09. The maximum Gasteiger partial charge on any atom is 0.390 e. The molecule has 0 aliphatic heterocycles. The molecule has 0 amide bonds. The molecule has 0 unspecified atom stereocenters. The molecule has 0 bridgehead atoms. The van der Waals surface area contributed by atoms with Crippen molar-refractivity contribution in [3.05, 3.63) is 29.8 Å². The highest BCUT2D eigenvalue weighted by atomic mass is 19.4. The second-order valence-electron chi connectivity index (χ2n) is 3.85. The van der Waals surface area contributed by atoms with E-state index in [9.17, 15) is 13.2 Å². The van der Waals surface area contributed by atoms with Crippen LogP contribution in [0, 0.1) is 0 Å². The van der Waals surface area contributed by atoms with E-state index in [2.05, 4.69) is 0 Å². The summed E-state index contributed by atoms with van der Waals surface area (Å²) in [6, 6.07) is 7.16. The Morgan fingerprint density at radius 3 is 2.56 bits per heavy atom. The third-order valence-corrected chi connectivity index (χ3v) is 2.18. The predicted molar refractivity (Wildman–Crippen MR) is 57.9 cm³/mol. The van der Waals surface area contributed by atoms with Crippen LogP contribution in [0.4, 0.5) is 18.9 Å². The van der Waals surface area contributed by atoms with Crippen molar-refractivity contribution in [3.8, 4) is 0 Å². The van der Waals surface area contributed by atoms with Crippen LogP contribution in [0.5, 0.6) is 0 Å². The van der Waals surface area contributed by atoms with Gasteiger partial charge in [0, 0.05) is 18.8 Å². The third kappa shape index (κ3) is 5.02. The molecule has 0 saturated carbocycles. The lowest BCUT2D eigenvalue weighted by Crippen LogP contribution is -2.24. The van der Waals surface area contributed by atoms with Crippen molar-refractivity contribution >= 4 is 5.69 Å². The normalized spacial score (nSPS) is 12.1. The molecule has 0 fully saturated rings. The van der Waals surface area contributed by atoms with Crippen molar-refractivity contribution in [3.63, 3.8) is 0 Å². The summed E-state index contributed by atoms with van der Waals surface area (Å²) in [5.74, 6) is 0. The number of nitrogen functional groups attached to an aromatic ring is 1. The SMILES string of the molecule is CN(CCC(F)(F)F)Cc1cccc(N)c1. The number of alkyl halides is 3. The molecule has 5 heteroatoms. The topological polar surface area (TPSA) is 29.3 Å². The second-order valence-corrected chi connectivity index (χ2v) is 3.85. The molecule has 0 radical (unpaired) electrons. The molecule has 0 heterocycles.